The van der Waals surface area contributed by atoms with Crippen LogP contribution in [0.25, 0.3) is 0 Å². The van der Waals surface area contributed by atoms with Gasteiger partial charge in [0.05, 0.1) is 13.2 Å². The van der Waals surface area contributed by atoms with Crippen LogP contribution in [0, 0.1) is 0 Å². The first-order valence-corrected chi connectivity index (χ1v) is 5.07. The van der Waals surface area contributed by atoms with Crippen LogP contribution >= 0.6 is 0 Å². The van der Waals surface area contributed by atoms with Crippen molar-refractivity contribution >= 4 is 11.9 Å². The average molecular weight is 224 g/mol. The van der Waals surface area contributed by atoms with E-state index < -0.39 is 11.9 Å². The van der Waals surface area contributed by atoms with E-state index in [1.165, 1.54) is 10.7 Å². The normalized spacial score (nSPS) is 18.9. The SMILES string of the molecule is CCOC(=O)c1cc2n(n1)C[C@H](C)OC2=O. The molecule has 0 saturated carbocycles. The third-order valence-corrected chi connectivity index (χ3v) is 2.21. The highest BCUT2D eigenvalue weighted by atomic mass is 16.5. The summed E-state index contributed by atoms with van der Waals surface area (Å²) in [6.45, 7) is 4.22. The Hall–Kier alpha value is -1.85. The van der Waals surface area contributed by atoms with Gasteiger partial charge in [-0.3, -0.25) is 4.68 Å². The maximum atomic E-state index is 11.5. The zero-order valence-electron chi connectivity index (χ0n) is 9.10. The summed E-state index contributed by atoms with van der Waals surface area (Å²) < 4.78 is 11.3. The molecule has 1 aromatic rings. The molecule has 0 aliphatic carbocycles. The lowest BCUT2D eigenvalue weighted by molar-refractivity contribution is 0.0194. The Morgan fingerprint density at radius 2 is 2.50 bits per heavy atom. The highest BCUT2D eigenvalue weighted by Gasteiger charge is 2.27. The summed E-state index contributed by atoms with van der Waals surface area (Å²) in [4.78, 5) is 22.9. The fourth-order valence-corrected chi connectivity index (χ4v) is 1.55. The standard InChI is InChI=1S/C10H12N2O4/c1-3-15-9(13)7-4-8-10(14)16-6(2)5-12(8)11-7/h4,6H,3,5H2,1-2H3/t6-/m0/s1. The van der Waals surface area contributed by atoms with Crippen LogP contribution in [-0.4, -0.2) is 34.4 Å². The van der Waals surface area contributed by atoms with Crippen molar-refractivity contribution in [3.8, 4) is 0 Å². The summed E-state index contributed by atoms with van der Waals surface area (Å²) in [7, 11) is 0. The summed E-state index contributed by atoms with van der Waals surface area (Å²) >= 11 is 0. The van der Waals surface area contributed by atoms with Crippen LogP contribution in [0.4, 0.5) is 0 Å². The van der Waals surface area contributed by atoms with Crippen molar-refractivity contribution in [1.29, 1.82) is 0 Å². The predicted octanol–water partition coefficient (Wildman–Crippen LogP) is 0.619. The van der Waals surface area contributed by atoms with E-state index in [1.54, 1.807) is 13.8 Å². The number of fused-ring (bicyclic) bond motifs is 1. The maximum absolute atomic E-state index is 11.5. The van der Waals surface area contributed by atoms with Gasteiger partial charge in [0.25, 0.3) is 0 Å². The van der Waals surface area contributed by atoms with Crippen molar-refractivity contribution in [3.05, 3.63) is 17.5 Å². The molecule has 0 fully saturated rings. The Balaban J connectivity index is 2.30. The number of carbonyl (C=O) groups is 2. The first-order valence-electron chi connectivity index (χ1n) is 5.07. The van der Waals surface area contributed by atoms with Gasteiger partial charge in [-0.2, -0.15) is 5.10 Å². The van der Waals surface area contributed by atoms with Crippen LogP contribution in [0.2, 0.25) is 0 Å². The molecule has 1 atom stereocenters. The van der Waals surface area contributed by atoms with E-state index in [-0.39, 0.29) is 18.4 Å². The molecule has 0 bridgehead atoms. The Morgan fingerprint density at radius 3 is 3.19 bits per heavy atom. The summed E-state index contributed by atoms with van der Waals surface area (Å²) in [6.07, 6.45) is -0.227. The van der Waals surface area contributed by atoms with Crippen LogP contribution < -0.4 is 0 Å². The third kappa shape index (κ3) is 1.78. The molecule has 0 N–H and O–H groups in total. The summed E-state index contributed by atoms with van der Waals surface area (Å²) in [6, 6.07) is 1.40. The largest absolute Gasteiger partial charge is 0.461 e. The fourth-order valence-electron chi connectivity index (χ4n) is 1.55. The van der Waals surface area contributed by atoms with Gasteiger partial charge in [0.2, 0.25) is 0 Å². The van der Waals surface area contributed by atoms with Gasteiger partial charge >= 0.3 is 11.9 Å². The lowest BCUT2D eigenvalue weighted by Crippen LogP contribution is -2.30. The summed E-state index contributed by atoms with van der Waals surface area (Å²) in [5, 5.41) is 4.01. The first kappa shape index (κ1) is 10.7. The Labute approximate surface area is 92.1 Å². The number of esters is 2. The monoisotopic (exact) mass is 224 g/mol. The number of carbonyl (C=O) groups excluding carboxylic acids is 2. The molecule has 1 aliphatic rings. The number of hydrogen-bond acceptors (Lipinski definition) is 5. The van der Waals surface area contributed by atoms with Gasteiger partial charge in [0.15, 0.2) is 5.69 Å². The maximum Gasteiger partial charge on any atom is 0.358 e. The molecule has 2 rings (SSSR count). The van der Waals surface area contributed by atoms with E-state index in [4.69, 9.17) is 9.47 Å². The highest BCUT2D eigenvalue weighted by molar-refractivity contribution is 5.93. The van der Waals surface area contributed by atoms with Gasteiger partial charge in [-0.15, -0.1) is 0 Å². The molecule has 16 heavy (non-hydrogen) atoms. The van der Waals surface area contributed by atoms with Crippen molar-refractivity contribution in [1.82, 2.24) is 9.78 Å². The summed E-state index contributed by atoms with van der Waals surface area (Å²) in [5.41, 5.74) is 0.434. The Bertz CT molecular complexity index is 438. The number of nitrogens with zero attached hydrogens (tertiary/aromatic N) is 2. The number of aromatic nitrogens is 2. The minimum atomic E-state index is -0.523. The quantitative estimate of drug-likeness (QED) is 0.688. The molecule has 6 nitrogen and oxygen atoms in total. The average Bonchev–Trinajstić information content (AvgIpc) is 2.62. The second kappa shape index (κ2) is 3.96. The minimum absolute atomic E-state index is 0.142. The molecule has 0 radical (unpaired) electrons. The van der Waals surface area contributed by atoms with Gasteiger partial charge in [0.1, 0.15) is 11.8 Å². The number of hydrogen-bond donors (Lipinski definition) is 0. The van der Waals surface area contributed by atoms with E-state index in [0.29, 0.717) is 12.2 Å². The number of cyclic esters (lactones) is 1. The first-order chi connectivity index (χ1) is 7.61. The van der Waals surface area contributed by atoms with Crippen molar-refractivity contribution in [2.45, 2.75) is 26.5 Å². The van der Waals surface area contributed by atoms with Gasteiger partial charge in [-0.05, 0) is 13.8 Å². The van der Waals surface area contributed by atoms with Crippen molar-refractivity contribution < 1.29 is 19.1 Å². The van der Waals surface area contributed by atoms with Crippen LogP contribution in [0.15, 0.2) is 6.07 Å². The molecule has 0 saturated heterocycles. The van der Waals surface area contributed by atoms with E-state index in [2.05, 4.69) is 5.10 Å². The fraction of sp³-hybridized carbons (Fsp3) is 0.500. The molecule has 0 aromatic carbocycles. The lowest BCUT2D eigenvalue weighted by atomic mass is 10.3. The van der Waals surface area contributed by atoms with E-state index in [0.717, 1.165) is 0 Å². The topological polar surface area (TPSA) is 70.4 Å². The molecule has 0 spiro atoms. The third-order valence-electron chi connectivity index (χ3n) is 2.21. The number of ether oxygens (including phenoxy) is 2. The van der Waals surface area contributed by atoms with Gasteiger partial charge in [-0.25, -0.2) is 9.59 Å². The van der Waals surface area contributed by atoms with Crippen molar-refractivity contribution in [2.75, 3.05) is 6.61 Å². The molecule has 0 unspecified atom stereocenters. The Morgan fingerprint density at radius 1 is 1.75 bits per heavy atom. The molecule has 1 aliphatic heterocycles. The second-order valence-electron chi connectivity index (χ2n) is 3.53. The molecule has 2 heterocycles. The molecular weight excluding hydrogens is 212 g/mol. The van der Waals surface area contributed by atoms with Crippen LogP contribution in [-0.2, 0) is 16.0 Å². The molecule has 1 aromatic heterocycles. The molecule has 86 valence electrons. The predicted molar refractivity (Wildman–Crippen MR) is 53.1 cm³/mol. The van der Waals surface area contributed by atoms with Crippen LogP contribution in [0.5, 0.6) is 0 Å². The molecular formula is C10H12N2O4. The zero-order valence-corrected chi connectivity index (χ0v) is 9.10. The van der Waals surface area contributed by atoms with Crippen molar-refractivity contribution in [3.63, 3.8) is 0 Å². The van der Waals surface area contributed by atoms with Gasteiger partial charge < -0.3 is 9.47 Å². The van der Waals surface area contributed by atoms with E-state index in [9.17, 15) is 9.59 Å². The number of rotatable bonds is 2. The van der Waals surface area contributed by atoms with E-state index >= 15 is 0 Å². The lowest BCUT2D eigenvalue weighted by Gasteiger charge is -2.19. The van der Waals surface area contributed by atoms with Crippen LogP contribution in [0.3, 0.4) is 0 Å². The van der Waals surface area contributed by atoms with Gasteiger partial charge in [-0.1, -0.05) is 0 Å². The zero-order chi connectivity index (χ0) is 11.7. The smallest absolute Gasteiger partial charge is 0.358 e. The minimum Gasteiger partial charge on any atom is -0.461 e. The van der Waals surface area contributed by atoms with Gasteiger partial charge in [0, 0.05) is 6.07 Å². The molecule has 0 amide bonds. The van der Waals surface area contributed by atoms with E-state index in [1.807, 2.05) is 0 Å². The van der Waals surface area contributed by atoms with Crippen molar-refractivity contribution in [2.24, 2.45) is 0 Å². The highest BCUT2D eigenvalue weighted by Crippen LogP contribution is 2.15. The Kier molecular flexibility index (Phi) is 2.64. The molecule has 6 heteroatoms. The summed E-state index contributed by atoms with van der Waals surface area (Å²) in [5.74, 6) is -0.980. The second-order valence-corrected chi connectivity index (χ2v) is 3.53. The van der Waals surface area contributed by atoms with Crippen LogP contribution in [0.1, 0.15) is 34.8 Å².